The van der Waals surface area contributed by atoms with Gasteiger partial charge in [0.15, 0.2) is 0 Å². The molecular weight excluding hydrogens is 226 g/mol. The molecule has 0 atom stereocenters. The van der Waals surface area contributed by atoms with Crippen LogP contribution in [-0.2, 0) is 0 Å². The lowest BCUT2D eigenvalue weighted by atomic mass is 10.3. The van der Waals surface area contributed by atoms with Gasteiger partial charge in [-0.05, 0) is 24.3 Å². The number of hydrogen-bond donors (Lipinski definition) is 2. The lowest BCUT2D eigenvalue weighted by Gasteiger charge is -2.20. The third kappa shape index (κ3) is 2.83. The second-order valence-electron chi connectivity index (χ2n) is 3.69. The number of aromatic nitrogens is 1. The highest BCUT2D eigenvalue weighted by atomic mass is 15.4. The minimum atomic E-state index is 0.550. The zero-order valence-corrected chi connectivity index (χ0v) is 10.1. The minimum absolute atomic E-state index is 0.550. The molecule has 5 heteroatoms. The summed E-state index contributed by atoms with van der Waals surface area (Å²) in [5, 5.41) is 0. The molecule has 5 nitrogen and oxygen atoms in total. The first kappa shape index (κ1) is 12.1. The maximum atomic E-state index is 5.52. The van der Waals surface area contributed by atoms with Crippen LogP contribution in [0.2, 0.25) is 0 Å². The Balaban J connectivity index is 2.27. The Morgan fingerprint density at radius 3 is 2.61 bits per heavy atom. The van der Waals surface area contributed by atoms with Crippen LogP contribution in [0.1, 0.15) is 0 Å². The predicted molar refractivity (Wildman–Crippen MR) is 73.5 cm³/mol. The molecule has 0 amide bonds. The highest BCUT2D eigenvalue weighted by Crippen LogP contribution is 2.13. The smallest absolute Gasteiger partial charge is 0.217 e. The summed E-state index contributed by atoms with van der Waals surface area (Å²) in [7, 11) is 1.87. The molecule has 1 aromatic carbocycles. The van der Waals surface area contributed by atoms with Crippen LogP contribution in [0.15, 0.2) is 59.9 Å². The van der Waals surface area contributed by atoms with E-state index >= 15 is 0 Å². The first-order chi connectivity index (χ1) is 8.81. The van der Waals surface area contributed by atoms with Crippen molar-refractivity contribution in [3.05, 3.63) is 54.9 Å². The van der Waals surface area contributed by atoms with Crippen molar-refractivity contribution in [1.82, 2.24) is 10.4 Å². The van der Waals surface area contributed by atoms with E-state index < -0.39 is 0 Å². The lowest BCUT2D eigenvalue weighted by molar-refractivity contribution is 0.976. The molecule has 0 bridgehead atoms. The van der Waals surface area contributed by atoms with Gasteiger partial charge in [-0.1, -0.05) is 18.2 Å². The molecule has 3 N–H and O–H groups in total. The number of aliphatic imine (C=N–C) groups is 1. The number of hydrogen-bond acceptors (Lipinski definition) is 3. The SMILES string of the molecule is CN(C(=Nc1ccccc1)NN)c1cccnc1. The summed E-state index contributed by atoms with van der Waals surface area (Å²) in [6, 6.07) is 13.4. The van der Waals surface area contributed by atoms with Crippen molar-refractivity contribution in [2.75, 3.05) is 11.9 Å². The molecule has 0 aliphatic rings. The fraction of sp³-hybridized carbons (Fsp3) is 0.0769. The van der Waals surface area contributed by atoms with Crippen molar-refractivity contribution in [2.45, 2.75) is 0 Å². The van der Waals surface area contributed by atoms with Crippen molar-refractivity contribution < 1.29 is 0 Å². The predicted octanol–water partition coefficient (Wildman–Crippen LogP) is 1.67. The van der Waals surface area contributed by atoms with E-state index in [0.717, 1.165) is 11.4 Å². The quantitative estimate of drug-likeness (QED) is 0.363. The molecule has 0 unspecified atom stereocenters. The molecule has 0 saturated carbocycles. The number of benzene rings is 1. The normalized spacial score (nSPS) is 11.1. The van der Waals surface area contributed by atoms with Crippen LogP contribution in [0.25, 0.3) is 0 Å². The Morgan fingerprint density at radius 2 is 2.00 bits per heavy atom. The molecule has 0 fully saturated rings. The Bertz CT molecular complexity index is 509. The highest BCUT2D eigenvalue weighted by molar-refractivity contribution is 5.96. The van der Waals surface area contributed by atoms with Crippen LogP contribution in [0, 0.1) is 0 Å². The van der Waals surface area contributed by atoms with E-state index in [0.29, 0.717) is 5.96 Å². The van der Waals surface area contributed by atoms with Crippen LogP contribution in [-0.4, -0.2) is 18.0 Å². The second kappa shape index (κ2) is 5.79. The molecule has 0 aliphatic carbocycles. The Hall–Kier alpha value is -2.40. The Kier molecular flexibility index (Phi) is 3.88. The zero-order chi connectivity index (χ0) is 12.8. The van der Waals surface area contributed by atoms with Gasteiger partial charge < -0.3 is 4.90 Å². The summed E-state index contributed by atoms with van der Waals surface area (Å²) in [4.78, 5) is 10.3. The molecule has 1 heterocycles. The van der Waals surface area contributed by atoms with Gasteiger partial charge in [-0.3, -0.25) is 10.4 Å². The third-order valence-electron chi connectivity index (χ3n) is 2.47. The topological polar surface area (TPSA) is 66.5 Å². The number of nitrogens with zero attached hydrogens (tertiary/aromatic N) is 3. The van der Waals surface area contributed by atoms with Crippen molar-refractivity contribution >= 4 is 17.3 Å². The summed E-state index contributed by atoms with van der Waals surface area (Å²) in [6.07, 6.45) is 3.47. The standard InChI is InChI=1S/C13H15N5/c1-18(12-8-5-9-15-10-12)13(17-14)16-11-6-3-2-4-7-11/h2-10H,14H2,1H3,(H,16,17). The molecule has 92 valence electrons. The van der Waals surface area contributed by atoms with E-state index in [9.17, 15) is 0 Å². The number of nitrogens with two attached hydrogens (primary N) is 1. The Labute approximate surface area is 106 Å². The van der Waals surface area contributed by atoms with Crippen LogP contribution < -0.4 is 16.2 Å². The summed E-state index contributed by atoms with van der Waals surface area (Å²) >= 11 is 0. The van der Waals surface area contributed by atoms with Crippen molar-refractivity contribution in [3.63, 3.8) is 0 Å². The maximum Gasteiger partial charge on any atom is 0.217 e. The van der Waals surface area contributed by atoms with E-state index in [1.54, 1.807) is 12.4 Å². The third-order valence-corrected chi connectivity index (χ3v) is 2.47. The summed E-state index contributed by atoms with van der Waals surface area (Å²) in [5.74, 6) is 6.07. The number of guanidine groups is 1. The Morgan fingerprint density at radius 1 is 1.22 bits per heavy atom. The van der Waals surface area contributed by atoms with E-state index in [2.05, 4.69) is 15.4 Å². The van der Waals surface area contributed by atoms with Gasteiger partial charge in [0, 0.05) is 13.2 Å². The molecule has 0 radical (unpaired) electrons. The van der Waals surface area contributed by atoms with Crippen molar-refractivity contribution in [1.29, 1.82) is 0 Å². The highest BCUT2D eigenvalue weighted by Gasteiger charge is 2.07. The molecule has 0 spiro atoms. The van der Waals surface area contributed by atoms with Gasteiger partial charge in [0.05, 0.1) is 17.6 Å². The molecule has 0 saturated heterocycles. The van der Waals surface area contributed by atoms with Gasteiger partial charge >= 0.3 is 0 Å². The minimum Gasteiger partial charge on any atom is -0.313 e. The van der Waals surface area contributed by atoms with E-state index in [4.69, 9.17) is 5.84 Å². The van der Waals surface area contributed by atoms with Crippen LogP contribution in [0.3, 0.4) is 0 Å². The number of para-hydroxylation sites is 1. The molecule has 0 aliphatic heterocycles. The first-order valence-electron chi connectivity index (χ1n) is 5.55. The van der Waals surface area contributed by atoms with Crippen molar-refractivity contribution in [3.8, 4) is 0 Å². The molecule has 2 aromatic rings. The fourth-order valence-electron chi connectivity index (χ4n) is 1.50. The number of rotatable bonds is 2. The second-order valence-corrected chi connectivity index (χ2v) is 3.69. The average Bonchev–Trinajstić information content (AvgIpc) is 2.46. The summed E-state index contributed by atoms with van der Waals surface area (Å²) < 4.78 is 0. The lowest BCUT2D eigenvalue weighted by Crippen LogP contribution is -2.42. The van der Waals surface area contributed by atoms with Gasteiger partial charge in [0.2, 0.25) is 5.96 Å². The first-order valence-corrected chi connectivity index (χ1v) is 5.55. The largest absolute Gasteiger partial charge is 0.313 e. The van der Waals surface area contributed by atoms with Gasteiger partial charge in [0.25, 0.3) is 0 Å². The van der Waals surface area contributed by atoms with Gasteiger partial charge in [-0.25, -0.2) is 10.8 Å². The monoisotopic (exact) mass is 241 g/mol. The van der Waals surface area contributed by atoms with Gasteiger partial charge in [-0.15, -0.1) is 0 Å². The number of nitrogens with one attached hydrogen (secondary N) is 1. The fourth-order valence-corrected chi connectivity index (χ4v) is 1.50. The van der Waals surface area contributed by atoms with Gasteiger partial charge in [0.1, 0.15) is 0 Å². The van der Waals surface area contributed by atoms with E-state index in [-0.39, 0.29) is 0 Å². The van der Waals surface area contributed by atoms with E-state index in [1.165, 1.54) is 0 Å². The average molecular weight is 241 g/mol. The number of anilines is 1. The molecule has 18 heavy (non-hydrogen) atoms. The van der Waals surface area contributed by atoms with Crippen LogP contribution in [0.4, 0.5) is 11.4 Å². The molecule has 1 aromatic heterocycles. The van der Waals surface area contributed by atoms with Crippen LogP contribution in [0.5, 0.6) is 0 Å². The summed E-state index contributed by atoms with van der Waals surface area (Å²) in [6.45, 7) is 0. The van der Waals surface area contributed by atoms with E-state index in [1.807, 2.05) is 54.4 Å². The summed E-state index contributed by atoms with van der Waals surface area (Å²) in [5.41, 5.74) is 4.34. The van der Waals surface area contributed by atoms with Gasteiger partial charge in [-0.2, -0.15) is 0 Å². The molecule has 2 rings (SSSR count). The number of hydrazine groups is 1. The number of pyridine rings is 1. The van der Waals surface area contributed by atoms with Crippen molar-refractivity contribution in [2.24, 2.45) is 10.8 Å². The zero-order valence-electron chi connectivity index (χ0n) is 10.1. The molecular formula is C13H15N5. The van der Waals surface area contributed by atoms with Crippen LogP contribution >= 0.6 is 0 Å². The maximum absolute atomic E-state index is 5.52.